The number of hydrogen-bond acceptors (Lipinski definition) is 0. The van der Waals surface area contributed by atoms with Gasteiger partial charge in [-0.15, -0.1) is 0 Å². The molecule has 96 valence electrons. The third-order valence-corrected chi connectivity index (χ3v) is 3.76. The van der Waals surface area contributed by atoms with E-state index >= 15 is 0 Å². The summed E-state index contributed by atoms with van der Waals surface area (Å²) in [6.07, 6.45) is 3.81. The van der Waals surface area contributed by atoms with Crippen LogP contribution in [0.4, 0.5) is 0 Å². The van der Waals surface area contributed by atoms with Crippen LogP contribution in [0.5, 0.6) is 0 Å². The van der Waals surface area contributed by atoms with Gasteiger partial charge in [-0.25, -0.2) is 0 Å². The number of rotatable bonds is 4. The first-order valence-electron chi connectivity index (χ1n) is 7.07. The monoisotopic (exact) mass is 240 g/mol. The van der Waals surface area contributed by atoms with Crippen LogP contribution in [0, 0.1) is 19.8 Å². The molecule has 0 N–H and O–H groups in total. The molecular formula is C18H24. The molecule has 18 heavy (non-hydrogen) atoms. The van der Waals surface area contributed by atoms with Crippen molar-refractivity contribution in [3.63, 3.8) is 0 Å². The van der Waals surface area contributed by atoms with Crippen molar-refractivity contribution in [1.29, 1.82) is 0 Å². The van der Waals surface area contributed by atoms with Crippen LogP contribution in [0.1, 0.15) is 43.4 Å². The van der Waals surface area contributed by atoms with Crippen molar-refractivity contribution in [3.05, 3.63) is 47.0 Å². The van der Waals surface area contributed by atoms with Gasteiger partial charge in [-0.2, -0.15) is 0 Å². The van der Waals surface area contributed by atoms with E-state index in [0.717, 1.165) is 5.92 Å². The van der Waals surface area contributed by atoms with Gasteiger partial charge in [0.05, 0.1) is 0 Å². The summed E-state index contributed by atoms with van der Waals surface area (Å²) in [4.78, 5) is 0. The molecule has 0 unspecified atom stereocenters. The van der Waals surface area contributed by atoms with E-state index in [2.05, 4.69) is 58.0 Å². The summed E-state index contributed by atoms with van der Waals surface area (Å²) >= 11 is 0. The SMILES string of the molecule is Cc1ccc(CCCC(C)C)cc2c(C)ccc1-2. The van der Waals surface area contributed by atoms with E-state index < -0.39 is 0 Å². The second-order valence-corrected chi connectivity index (χ2v) is 5.87. The van der Waals surface area contributed by atoms with Crippen LogP contribution in [-0.4, -0.2) is 0 Å². The van der Waals surface area contributed by atoms with E-state index in [1.54, 1.807) is 0 Å². The summed E-state index contributed by atoms with van der Waals surface area (Å²) < 4.78 is 0. The molecule has 0 aromatic carbocycles. The van der Waals surface area contributed by atoms with Gasteiger partial charge in [-0.3, -0.25) is 0 Å². The minimum Gasteiger partial charge on any atom is -0.0628 e. The Hall–Kier alpha value is -1.30. The number of aryl methyl sites for hydroxylation is 3. The first kappa shape index (κ1) is 13.1. The first-order chi connectivity index (χ1) is 8.58. The van der Waals surface area contributed by atoms with Gasteiger partial charge in [0.25, 0.3) is 0 Å². The van der Waals surface area contributed by atoms with E-state index in [0.29, 0.717) is 0 Å². The van der Waals surface area contributed by atoms with E-state index in [-0.39, 0.29) is 0 Å². The zero-order valence-electron chi connectivity index (χ0n) is 12.1. The molecular weight excluding hydrogens is 216 g/mol. The van der Waals surface area contributed by atoms with Crippen LogP contribution in [0.3, 0.4) is 0 Å². The van der Waals surface area contributed by atoms with Crippen LogP contribution >= 0.6 is 0 Å². The molecule has 2 aliphatic rings. The maximum atomic E-state index is 2.39. The Kier molecular flexibility index (Phi) is 4.06. The molecule has 0 aromatic rings. The van der Waals surface area contributed by atoms with Gasteiger partial charge < -0.3 is 0 Å². The second-order valence-electron chi connectivity index (χ2n) is 5.87. The molecule has 2 rings (SSSR count). The van der Waals surface area contributed by atoms with Gasteiger partial charge in [-0.1, -0.05) is 50.6 Å². The van der Waals surface area contributed by atoms with Crippen molar-refractivity contribution in [2.24, 2.45) is 5.92 Å². The van der Waals surface area contributed by atoms with Crippen molar-refractivity contribution >= 4 is 0 Å². The molecule has 0 aliphatic heterocycles. The Labute approximate surface area is 111 Å². The summed E-state index contributed by atoms with van der Waals surface area (Å²) in [5.74, 6) is 0.810. The average Bonchev–Trinajstić information content (AvgIpc) is 2.58. The number of hydrogen-bond donors (Lipinski definition) is 0. The van der Waals surface area contributed by atoms with Gasteiger partial charge in [0.1, 0.15) is 0 Å². The van der Waals surface area contributed by atoms with E-state index in [1.165, 1.54) is 47.1 Å². The lowest BCUT2D eigenvalue weighted by Crippen LogP contribution is -1.90. The molecule has 0 saturated heterocycles. The largest absolute Gasteiger partial charge is 0.0628 e. The quantitative estimate of drug-likeness (QED) is 0.672. The molecule has 0 atom stereocenters. The highest BCUT2D eigenvalue weighted by Gasteiger charge is 2.08. The standard InChI is InChI=1S/C18H24/c1-13(2)6-5-7-16-10-8-14(3)17-11-9-15(4)18(17)12-16/h8-13H,5-7H2,1-4H3. The summed E-state index contributed by atoms with van der Waals surface area (Å²) in [6, 6.07) is 11.4. The summed E-state index contributed by atoms with van der Waals surface area (Å²) in [7, 11) is 0. The van der Waals surface area contributed by atoms with E-state index in [9.17, 15) is 0 Å². The molecule has 0 heterocycles. The lowest BCUT2D eigenvalue weighted by molar-refractivity contribution is 0.556. The zero-order valence-corrected chi connectivity index (χ0v) is 12.1. The van der Waals surface area contributed by atoms with Crippen molar-refractivity contribution < 1.29 is 0 Å². The van der Waals surface area contributed by atoms with E-state index in [4.69, 9.17) is 0 Å². The molecule has 0 aromatic heterocycles. The fourth-order valence-corrected chi connectivity index (χ4v) is 2.56. The Morgan fingerprint density at radius 2 is 1.56 bits per heavy atom. The highest BCUT2D eigenvalue weighted by Crippen LogP contribution is 2.30. The minimum atomic E-state index is 0.810. The van der Waals surface area contributed by atoms with Gasteiger partial charge in [0.15, 0.2) is 0 Å². The molecule has 0 heteroatoms. The Bertz CT molecular complexity index is 494. The summed E-state index contributed by atoms with van der Waals surface area (Å²) in [5, 5.41) is 0. The van der Waals surface area contributed by atoms with Crippen LogP contribution in [-0.2, 0) is 6.42 Å². The molecule has 0 nitrogen and oxygen atoms in total. The average molecular weight is 240 g/mol. The normalized spacial score (nSPS) is 11.4. The fraction of sp³-hybridized carbons (Fsp3) is 0.444. The van der Waals surface area contributed by atoms with Gasteiger partial charge >= 0.3 is 0 Å². The summed E-state index contributed by atoms with van der Waals surface area (Å²) in [5.41, 5.74) is 7.09. The topological polar surface area (TPSA) is 0 Å². The number of fused-ring (bicyclic) bond motifs is 1. The Balaban J connectivity index is 2.24. The smallest absolute Gasteiger partial charge is 0.0149 e. The van der Waals surface area contributed by atoms with E-state index in [1.807, 2.05) is 0 Å². The maximum absolute atomic E-state index is 2.39. The molecule has 0 fully saturated rings. The van der Waals surface area contributed by atoms with Gasteiger partial charge in [0, 0.05) is 0 Å². The van der Waals surface area contributed by atoms with Crippen LogP contribution in [0.15, 0.2) is 30.3 Å². The van der Waals surface area contributed by atoms with Crippen LogP contribution in [0.25, 0.3) is 11.1 Å². The molecule has 0 radical (unpaired) electrons. The predicted octanol–water partition coefficient (Wildman–Crippen LogP) is 5.39. The van der Waals surface area contributed by atoms with Crippen LogP contribution < -0.4 is 0 Å². The highest BCUT2D eigenvalue weighted by molar-refractivity contribution is 5.73. The first-order valence-corrected chi connectivity index (χ1v) is 7.07. The maximum Gasteiger partial charge on any atom is -0.0149 e. The predicted molar refractivity (Wildman–Crippen MR) is 80.3 cm³/mol. The molecule has 0 saturated carbocycles. The lowest BCUT2D eigenvalue weighted by atomic mass is 10.0. The summed E-state index contributed by atoms with van der Waals surface area (Å²) in [6.45, 7) is 9.02. The lowest BCUT2D eigenvalue weighted by Gasteiger charge is -2.04. The minimum absolute atomic E-state index is 0.810. The van der Waals surface area contributed by atoms with Crippen molar-refractivity contribution in [2.75, 3.05) is 0 Å². The molecule has 0 bridgehead atoms. The second kappa shape index (κ2) is 5.56. The zero-order chi connectivity index (χ0) is 13.1. The third-order valence-electron chi connectivity index (χ3n) is 3.76. The van der Waals surface area contributed by atoms with Crippen molar-refractivity contribution in [1.82, 2.24) is 0 Å². The molecule has 0 spiro atoms. The van der Waals surface area contributed by atoms with Crippen molar-refractivity contribution in [3.8, 4) is 11.1 Å². The third kappa shape index (κ3) is 2.93. The fourth-order valence-electron chi connectivity index (χ4n) is 2.56. The molecule has 2 aliphatic carbocycles. The van der Waals surface area contributed by atoms with Crippen LogP contribution in [0.2, 0.25) is 0 Å². The molecule has 0 amide bonds. The van der Waals surface area contributed by atoms with Gasteiger partial charge in [-0.05, 0) is 60.4 Å². The Morgan fingerprint density at radius 3 is 2.28 bits per heavy atom. The van der Waals surface area contributed by atoms with Gasteiger partial charge in [0.2, 0.25) is 0 Å². The highest BCUT2D eigenvalue weighted by atomic mass is 14.1. The Morgan fingerprint density at radius 1 is 0.889 bits per heavy atom. The van der Waals surface area contributed by atoms with Crippen molar-refractivity contribution in [2.45, 2.75) is 47.0 Å².